The molecule has 2 aromatic carbocycles. The van der Waals surface area contributed by atoms with Crippen molar-refractivity contribution in [2.45, 2.75) is 20.4 Å². The summed E-state index contributed by atoms with van der Waals surface area (Å²) < 4.78 is 5.07. The number of phenols is 1. The lowest BCUT2D eigenvalue weighted by Gasteiger charge is -2.09. The van der Waals surface area contributed by atoms with Gasteiger partial charge in [0.05, 0.1) is 13.7 Å². The number of ether oxygens (including phenoxy) is 1. The lowest BCUT2D eigenvalue weighted by atomic mass is 10.1. The van der Waals surface area contributed by atoms with Crippen molar-refractivity contribution < 1.29 is 9.84 Å². The van der Waals surface area contributed by atoms with Crippen LogP contribution in [0.25, 0.3) is 0 Å². The van der Waals surface area contributed by atoms with E-state index in [0.717, 1.165) is 5.69 Å². The summed E-state index contributed by atoms with van der Waals surface area (Å²) in [6.45, 7) is 4.37. The summed E-state index contributed by atoms with van der Waals surface area (Å²) in [6.07, 6.45) is 0. The Bertz CT molecular complexity index is 702. The lowest BCUT2D eigenvalue weighted by molar-refractivity contribution is 0.370. The third-order valence-corrected chi connectivity index (χ3v) is 3.50. The van der Waals surface area contributed by atoms with Crippen LogP contribution in [-0.2, 0) is 6.54 Å². The third kappa shape index (κ3) is 5.02. The summed E-state index contributed by atoms with van der Waals surface area (Å²) in [7, 11) is 1.51. The molecule has 0 aliphatic carbocycles. The number of guanidine groups is 1. The number of hydrogen-bond donors (Lipinski definition) is 3. The van der Waals surface area contributed by atoms with Crippen molar-refractivity contribution in [3.05, 3.63) is 53.1 Å². The van der Waals surface area contributed by atoms with Gasteiger partial charge in [0.1, 0.15) is 0 Å². The van der Waals surface area contributed by atoms with Crippen LogP contribution in [0.15, 0.2) is 41.4 Å². The summed E-state index contributed by atoms with van der Waals surface area (Å²) in [4.78, 5) is 4.25. The fourth-order valence-electron chi connectivity index (χ4n) is 2.04. The Morgan fingerprint density at radius 1 is 1.22 bits per heavy atom. The molecule has 0 heterocycles. The molecule has 0 aromatic heterocycles. The highest BCUT2D eigenvalue weighted by Crippen LogP contribution is 2.29. The minimum absolute atomic E-state index is 0. The predicted octanol–water partition coefficient (Wildman–Crippen LogP) is 3.56. The van der Waals surface area contributed by atoms with E-state index >= 15 is 0 Å². The average molecular weight is 427 g/mol. The van der Waals surface area contributed by atoms with E-state index in [1.54, 1.807) is 18.2 Å². The van der Waals surface area contributed by atoms with Crippen molar-refractivity contribution in [2.24, 2.45) is 10.7 Å². The largest absolute Gasteiger partial charge is 0.504 e. The molecular weight excluding hydrogens is 405 g/mol. The molecule has 4 N–H and O–H groups in total. The summed E-state index contributed by atoms with van der Waals surface area (Å²) in [5.41, 5.74) is 9.84. The van der Waals surface area contributed by atoms with E-state index in [9.17, 15) is 5.11 Å². The fraction of sp³-hybridized carbons (Fsp3) is 0.235. The SMILES string of the molecule is COc1cccc(CN=C(N)Nc2ccc(C)c(C)c2)c1O.I. The predicted molar refractivity (Wildman–Crippen MR) is 105 cm³/mol. The summed E-state index contributed by atoms with van der Waals surface area (Å²) in [5.74, 6) is 0.812. The van der Waals surface area contributed by atoms with Crippen LogP contribution in [0.2, 0.25) is 0 Å². The van der Waals surface area contributed by atoms with E-state index in [4.69, 9.17) is 10.5 Å². The summed E-state index contributed by atoms with van der Waals surface area (Å²) in [5, 5.41) is 13.0. The van der Waals surface area contributed by atoms with Crippen LogP contribution in [0.5, 0.6) is 11.5 Å². The van der Waals surface area contributed by atoms with Gasteiger partial charge in [-0.2, -0.15) is 0 Å². The standard InChI is InChI=1S/C17H21N3O2.HI/c1-11-7-8-14(9-12(11)2)20-17(18)19-10-13-5-4-6-15(22-3)16(13)21;/h4-9,21H,10H2,1-3H3,(H3,18,19,20);1H. The van der Waals surface area contributed by atoms with Crippen molar-refractivity contribution in [1.82, 2.24) is 0 Å². The molecule has 0 unspecified atom stereocenters. The number of para-hydroxylation sites is 1. The van der Waals surface area contributed by atoms with E-state index in [2.05, 4.69) is 17.2 Å². The highest BCUT2D eigenvalue weighted by molar-refractivity contribution is 14.0. The molecule has 0 fully saturated rings. The number of nitrogens with two attached hydrogens (primary N) is 1. The number of nitrogens with zero attached hydrogens (tertiary/aromatic N) is 1. The Morgan fingerprint density at radius 2 is 1.96 bits per heavy atom. The van der Waals surface area contributed by atoms with Gasteiger partial charge < -0.3 is 20.9 Å². The molecule has 0 radical (unpaired) electrons. The summed E-state index contributed by atoms with van der Waals surface area (Å²) in [6, 6.07) is 11.3. The molecule has 0 aliphatic rings. The Balaban J connectivity index is 0.00000264. The number of phenolic OH excluding ortho intramolecular Hbond substituents is 1. The number of halogens is 1. The first-order chi connectivity index (χ1) is 10.5. The van der Waals surface area contributed by atoms with Gasteiger partial charge in [0, 0.05) is 11.3 Å². The van der Waals surface area contributed by atoms with Crippen LogP contribution in [0, 0.1) is 13.8 Å². The van der Waals surface area contributed by atoms with Gasteiger partial charge in [0.25, 0.3) is 0 Å². The van der Waals surface area contributed by atoms with Crippen molar-refractivity contribution in [1.29, 1.82) is 0 Å². The Hall–Kier alpha value is -1.96. The number of hydrogen-bond acceptors (Lipinski definition) is 3. The lowest BCUT2D eigenvalue weighted by Crippen LogP contribution is -2.22. The molecular formula is C17H22IN3O2. The van der Waals surface area contributed by atoms with Crippen molar-refractivity contribution in [3.63, 3.8) is 0 Å². The maximum Gasteiger partial charge on any atom is 0.193 e. The second-order valence-corrected chi connectivity index (χ2v) is 5.09. The highest BCUT2D eigenvalue weighted by atomic mass is 127. The summed E-state index contributed by atoms with van der Waals surface area (Å²) >= 11 is 0. The van der Waals surface area contributed by atoms with Crippen molar-refractivity contribution in [3.8, 4) is 11.5 Å². The molecule has 0 amide bonds. The molecule has 0 atom stereocenters. The van der Waals surface area contributed by atoms with Crippen LogP contribution < -0.4 is 15.8 Å². The Labute approximate surface area is 153 Å². The molecule has 0 saturated carbocycles. The molecule has 2 aromatic rings. The highest BCUT2D eigenvalue weighted by Gasteiger charge is 2.06. The van der Waals surface area contributed by atoms with Gasteiger partial charge in [-0.1, -0.05) is 18.2 Å². The van der Waals surface area contributed by atoms with Crippen LogP contribution >= 0.6 is 24.0 Å². The normalized spacial score (nSPS) is 10.8. The van der Waals surface area contributed by atoms with Crippen molar-refractivity contribution in [2.75, 3.05) is 12.4 Å². The number of rotatable bonds is 4. The Morgan fingerprint density at radius 3 is 2.61 bits per heavy atom. The first-order valence-corrected chi connectivity index (χ1v) is 7.00. The number of anilines is 1. The van der Waals surface area contributed by atoms with E-state index in [-0.39, 0.29) is 36.3 Å². The number of nitrogens with one attached hydrogen (secondary N) is 1. The van der Waals surface area contributed by atoms with Gasteiger partial charge >= 0.3 is 0 Å². The van der Waals surface area contributed by atoms with E-state index in [1.165, 1.54) is 18.2 Å². The molecule has 2 rings (SSSR count). The van der Waals surface area contributed by atoms with E-state index in [1.807, 2.05) is 25.1 Å². The Kier molecular flexibility index (Phi) is 7.15. The second-order valence-electron chi connectivity index (χ2n) is 5.09. The molecule has 0 bridgehead atoms. The topological polar surface area (TPSA) is 79.9 Å². The quantitative estimate of drug-likeness (QED) is 0.396. The number of methoxy groups -OCH3 is 1. The number of aliphatic imine (C=N–C) groups is 1. The number of aryl methyl sites for hydroxylation is 2. The zero-order valence-corrected chi connectivity index (χ0v) is 15.8. The van der Waals surface area contributed by atoms with Gasteiger partial charge in [-0.15, -0.1) is 24.0 Å². The molecule has 0 aliphatic heterocycles. The van der Waals surface area contributed by atoms with Crippen LogP contribution in [0.4, 0.5) is 5.69 Å². The molecule has 5 nitrogen and oxygen atoms in total. The van der Waals surface area contributed by atoms with Crippen LogP contribution in [0.3, 0.4) is 0 Å². The second kappa shape index (κ2) is 8.61. The van der Waals surface area contributed by atoms with E-state index < -0.39 is 0 Å². The van der Waals surface area contributed by atoms with Gasteiger partial charge in [-0.05, 0) is 43.2 Å². The number of benzene rings is 2. The first kappa shape index (κ1) is 19.1. The van der Waals surface area contributed by atoms with Gasteiger partial charge in [-0.3, -0.25) is 0 Å². The smallest absolute Gasteiger partial charge is 0.193 e. The minimum Gasteiger partial charge on any atom is -0.504 e. The molecule has 0 saturated heterocycles. The van der Waals surface area contributed by atoms with E-state index in [0.29, 0.717) is 17.3 Å². The van der Waals surface area contributed by atoms with Gasteiger partial charge in [-0.25, -0.2) is 4.99 Å². The van der Waals surface area contributed by atoms with Gasteiger partial charge in [0.2, 0.25) is 0 Å². The molecule has 23 heavy (non-hydrogen) atoms. The maximum absolute atomic E-state index is 10.0. The third-order valence-electron chi connectivity index (χ3n) is 3.50. The van der Waals surface area contributed by atoms with Crippen LogP contribution in [-0.4, -0.2) is 18.2 Å². The molecule has 0 spiro atoms. The van der Waals surface area contributed by atoms with Gasteiger partial charge in [0.15, 0.2) is 17.5 Å². The molecule has 6 heteroatoms. The minimum atomic E-state index is 0. The zero-order valence-electron chi connectivity index (χ0n) is 13.5. The molecule has 124 valence electrons. The first-order valence-electron chi connectivity index (χ1n) is 7.00. The van der Waals surface area contributed by atoms with Crippen molar-refractivity contribution >= 4 is 35.6 Å². The monoisotopic (exact) mass is 427 g/mol. The fourth-order valence-corrected chi connectivity index (χ4v) is 2.04. The maximum atomic E-state index is 10.0. The average Bonchev–Trinajstić information content (AvgIpc) is 2.50. The zero-order chi connectivity index (χ0) is 16.1. The van der Waals surface area contributed by atoms with Crippen LogP contribution in [0.1, 0.15) is 16.7 Å². The number of aromatic hydroxyl groups is 1.